The van der Waals surface area contributed by atoms with Gasteiger partial charge in [-0.05, 0) is 26.0 Å². The molecule has 5 heteroatoms. The Bertz CT molecular complexity index is 334. The molecule has 0 aliphatic carbocycles. The van der Waals surface area contributed by atoms with Gasteiger partial charge in [0.2, 0.25) is 0 Å². The van der Waals surface area contributed by atoms with Crippen molar-refractivity contribution in [1.29, 1.82) is 0 Å². The third kappa shape index (κ3) is 5.89. The predicted molar refractivity (Wildman–Crippen MR) is 67.9 cm³/mol. The Labute approximate surface area is 105 Å². The Morgan fingerprint density at radius 2 is 2.00 bits per heavy atom. The molecule has 2 nitrogen and oxygen atoms in total. The number of anilines is 1. The maximum absolute atomic E-state index is 12.3. The van der Waals surface area contributed by atoms with Crippen molar-refractivity contribution in [2.45, 2.75) is 30.6 Å². The monoisotopic (exact) mass is 261 g/mol. The Hall–Kier alpha value is -0.810. The fourth-order valence-electron chi connectivity index (χ4n) is 1.29. The van der Waals surface area contributed by atoms with E-state index in [2.05, 4.69) is 5.32 Å². The van der Waals surface area contributed by atoms with Crippen LogP contribution in [-0.4, -0.2) is 25.0 Å². The highest BCUT2D eigenvalue weighted by molar-refractivity contribution is 7.99. The quantitative estimate of drug-likeness (QED) is 0.595. The summed E-state index contributed by atoms with van der Waals surface area (Å²) in [6, 6.07) is 7.05. The molecule has 1 N–H and O–H groups in total. The van der Waals surface area contributed by atoms with Gasteiger partial charge >= 0.3 is 0 Å². The molecule has 0 radical (unpaired) electrons. The minimum Gasteiger partial charge on any atom is -0.382 e. The van der Waals surface area contributed by atoms with Gasteiger partial charge in [-0.2, -0.15) is 8.78 Å². The third-order valence-electron chi connectivity index (χ3n) is 1.97. The lowest BCUT2D eigenvalue weighted by Crippen LogP contribution is -2.13. The second-order valence-electron chi connectivity index (χ2n) is 3.72. The maximum atomic E-state index is 12.3. The minimum atomic E-state index is -2.40. The van der Waals surface area contributed by atoms with Gasteiger partial charge in [0.1, 0.15) is 0 Å². The first-order valence-electron chi connectivity index (χ1n) is 5.49. The van der Waals surface area contributed by atoms with Crippen molar-refractivity contribution in [3.63, 3.8) is 0 Å². The molecular weight excluding hydrogens is 244 g/mol. The van der Waals surface area contributed by atoms with Crippen LogP contribution in [0.4, 0.5) is 14.5 Å². The highest BCUT2D eigenvalue weighted by Crippen LogP contribution is 2.31. The van der Waals surface area contributed by atoms with E-state index < -0.39 is 5.76 Å². The Balaban J connectivity index is 2.46. The first-order valence-corrected chi connectivity index (χ1v) is 6.37. The molecule has 0 unspecified atom stereocenters. The first kappa shape index (κ1) is 14.3. The minimum absolute atomic E-state index is 0.183. The van der Waals surface area contributed by atoms with Crippen LogP contribution in [0.5, 0.6) is 0 Å². The van der Waals surface area contributed by atoms with Crippen LogP contribution in [0.2, 0.25) is 0 Å². The molecule has 96 valence electrons. The Morgan fingerprint density at radius 3 is 2.65 bits per heavy atom. The van der Waals surface area contributed by atoms with Crippen LogP contribution in [0.1, 0.15) is 13.8 Å². The van der Waals surface area contributed by atoms with E-state index in [9.17, 15) is 8.78 Å². The summed E-state index contributed by atoms with van der Waals surface area (Å²) in [6.07, 6.45) is 0.183. The van der Waals surface area contributed by atoms with Gasteiger partial charge in [0.15, 0.2) is 0 Å². The second-order valence-corrected chi connectivity index (χ2v) is 4.75. The molecule has 0 saturated carbocycles. The molecule has 0 fully saturated rings. The van der Waals surface area contributed by atoms with Crippen LogP contribution in [0.15, 0.2) is 29.2 Å². The number of hydrogen-bond donors (Lipinski definition) is 1. The number of benzene rings is 1. The number of halogens is 2. The number of alkyl halides is 2. The Kier molecular flexibility index (Phi) is 6.29. The van der Waals surface area contributed by atoms with Gasteiger partial charge in [-0.15, -0.1) is 0 Å². The van der Waals surface area contributed by atoms with E-state index in [0.717, 1.165) is 5.69 Å². The van der Waals surface area contributed by atoms with Gasteiger partial charge in [-0.3, -0.25) is 0 Å². The lowest BCUT2D eigenvalue weighted by molar-refractivity contribution is 0.0870. The molecule has 1 aromatic rings. The number of rotatable bonds is 7. The number of thioether (sulfide) groups is 1. The van der Waals surface area contributed by atoms with Crippen molar-refractivity contribution >= 4 is 17.4 Å². The second kappa shape index (κ2) is 7.50. The van der Waals surface area contributed by atoms with Crippen LogP contribution < -0.4 is 5.32 Å². The lowest BCUT2D eigenvalue weighted by atomic mass is 10.3. The molecule has 1 rings (SSSR count). The zero-order valence-corrected chi connectivity index (χ0v) is 10.8. The molecule has 1 aromatic carbocycles. The van der Waals surface area contributed by atoms with Crippen molar-refractivity contribution in [3.05, 3.63) is 24.3 Å². The standard InChI is InChI=1S/C12H17F2NOS/c1-9(2)16-8-7-15-10-5-3-4-6-11(10)17-12(13)14/h3-6,9,12,15H,7-8H2,1-2H3. The van der Waals surface area contributed by atoms with Gasteiger partial charge < -0.3 is 10.1 Å². The van der Waals surface area contributed by atoms with Gasteiger partial charge in [-0.25, -0.2) is 0 Å². The molecule has 0 bridgehead atoms. The van der Waals surface area contributed by atoms with E-state index in [1.54, 1.807) is 18.2 Å². The van der Waals surface area contributed by atoms with Crippen LogP contribution in [0, 0.1) is 0 Å². The molecule has 0 spiro atoms. The summed E-state index contributed by atoms with van der Waals surface area (Å²) in [6.45, 7) is 5.09. The average molecular weight is 261 g/mol. The first-order chi connectivity index (χ1) is 8.09. The van der Waals surface area contributed by atoms with E-state index in [1.807, 2.05) is 19.9 Å². The number of nitrogens with one attached hydrogen (secondary N) is 1. The van der Waals surface area contributed by atoms with Crippen molar-refractivity contribution in [2.75, 3.05) is 18.5 Å². The van der Waals surface area contributed by atoms with Gasteiger partial charge in [-0.1, -0.05) is 23.9 Å². The van der Waals surface area contributed by atoms with Gasteiger partial charge in [0.05, 0.1) is 12.7 Å². The van der Waals surface area contributed by atoms with E-state index in [0.29, 0.717) is 29.8 Å². The molecule has 0 atom stereocenters. The smallest absolute Gasteiger partial charge is 0.288 e. The largest absolute Gasteiger partial charge is 0.382 e. The molecule has 0 amide bonds. The average Bonchev–Trinajstić information content (AvgIpc) is 2.25. The van der Waals surface area contributed by atoms with Gasteiger partial charge in [0.25, 0.3) is 5.76 Å². The third-order valence-corrected chi connectivity index (χ3v) is 2.76. The summed E-state index contributed by atoms with van der Waals surface area (Å²) in [5.74, 6) is -2.40. The summed E-state index contributed by atoms with van der Waals surface area (Å²) in [5, 5.41) is 3.09. The summed E-state index contributed by atoms with van der Waals surface area (Å²) in [4.78, 5) is 0.562. The molecule has 0 saturated heterocycles. The normalized spacial score (nSPS) is 11.2. The molecule has 0 aromatic heterocycles. The van der Waals surface area contributed by atoms with Crippen LogP contribution in [0.25, 0.3) is 0 Å². The summed E-state index contributed by atoms with van der Waals surface area (Å²) >= 11 is 0.553. The number of hydrogen-bond acceptors (Lipinski definition) is 3. The van der Waals surface area contributed by atoms with Crippen molar-refractivity contribution in [3.8, 4) is 0 Å². The van der Waals surface area contributed by atoms with E-state index in [-0.39, 0.29) is 6.10 Å². The highest BCUT2D eigenvalue weighted by Gasteiger charge is 2.08. The van der Waals surface area contributed by atoms with E-state index in [1.165, 1.54) is 0 Å². The summed E-state index contributed by atoms with van der Waals surface area (Å²) in [5.41, 5.74) is 0.727. The zero-order valence-electron chi connectivity index (χ0n) is 9.95. The topological polar surface area (TPSA) is 21.3 Å². The fraction of sp³-hybridized carbons (Fsp3) is 0.500. The predicted octanol–water partition coefficient (Wildman–Crippen LogP) is 3.84. The molecular formula is C12H17F2NOS. The van der Waals surface area contributed by atoms with Crippen molar-refractivity contribution in [1.82, 2.24) is 0 Å². The van der Waals surface area contributed by atoms with Crippen LogP contribution in [0.3, 0.4) is 0 Å². The lowest BCUT2D eigenvalue weighted by Gasteiger charge is -2.12. The SMILES string of the molecule is CC(C)OCCNc1ccccc1SC(F)F. The van der Waals surface area contributed by atoms with Gasteiger partial charge in [0, 0.05) is 17.1 Å². The molecule has 0 aliphatic rings. The Morgan fingerprint density at radius 1 is 1.29 bits per heavy atom. The molecule has 0 aliphatic heterocycles. The summed E-state index contributed by atoms with van der Waals surface area (Å²) < 4.78 is 30.0. The van der Waals surface area contributed by atoms with Crippen molar-refractivity contribution in [2.24, 2.45) is 0 Å². The number of ether oxygens (including phenoxy) is 1. The molecule has 0 heterocycles. The number of para-hydroxylation sites is 1. The van der Waals surface area contributed by atoms with E-state index >= 15 is 0 Å². The maximum Gasteiger partial charge on any atom is 0.288 e. The highest BCUT2D eigenvalue weighted by atomic mass is 32.2. The summed E-state index contributed by atoms with van der Waals surface area (Å²) in [7, 11) is 0. The van der Waals surface area contributed by atoms with Crippen LogP contribution >= 0.6 is 11.8 Å². The van der Waals surface area contributed by atoms with Crippen LogP contribution in [-0.2, 0) is 4.74 Å². The fourth-order valence-corrected chi connectivity index (χ4v) is 1.91. The zero-order chi connectivity index (χ0) is 12.7. The van der Waals surface area contributed by atoms with Crippen molar-refractivity contribution < 1.29 is 13.5 Å². The molecule has 17 heavy (non-hydrogen) atoms. The van der Waals surface area contributed by atoms with E-state index in [4.69, 9.17) is 4.74 Å².